The van der Waals surface area contributed by atoms with E-state index in [1.165, 1.54) is 0 Å². The van der Waals surface area contributed by atoms with Gasteiger partial charge >= 0.3 is 0 Å². The van der Waals surface area contributed by atoms with E-state index in [2.05, 4.69) is 10.6 Å². The molecule has 1 heterocycles. The number of halogens is 1. The number of carbonyl (C=O) groups is 2. The molecule has 0 radical (unpaired) electrons. The topological polar surface area (TPSA) is 61.4 Å². The van der Waals surface area contributed by atoms with Gasteiger partial charge in [0.2, 0.25) is 11.8 Å². The molecule has 2 N–H and O–H groups in total. The van der Waals surface area contributed by atoms with Crippen molar-refractivity contribution in [1.29, 1.82) is 0 Å². The van der Waals surface area contributed by atoms with Gasteiger partial charge in [-0.1, -0.05) is 0 Å². The zero-order valence-electron chi connectivity index (χ0n) is 13.7. The van der Waals surface area contributed by atoms with Crippen LogP contribution in [0.25, 0.3) is 0 Å². The standard InChI is InChI=1S/C16H23N3O2S.ClH/c1-11(17-2)9-18-16(21)12-8-15(20)19(10-12)13-4-6-14(22-3)7-5-13;/h4-7,11-12,17H,8-10H2,1-3H3,(H,18,21);1H. The summed E-state index contributed by atoms with van der Waals surface area (Å²) < 4.78 is 0. The zero-order chi connectivity index (χ0) is 16.1. The minimum atomic E-state index is -0.267. The van der Waals surface area contributed by atoms with E-state index in [1.807, 2.05) is 44.5 Å². The number of amides is 2. The zero-order valence-corrected chi connectivity index (χ0v) is 15.3. The van der Waals surface area contributed by atoms with Crippen LogP contribution >= 0.6 is 24.2 Å². The van der Waals surface area contributed by atoms with Gasteiger partial charge in [0, 0.05) is 36.1 Å². The molecule has 5 nitrogen and oxygen atoms in total. The molecule has 1 aliphatic heterocycles. The third kappa shape index (κ3) is 5.12. The summed E-state index contributed by atoms with van der Waals surface area (Å²) in [5.41, 5.74) is 0.863. The predicted molar refractivity (Wildman–Crippen MR) is 97.5 cm³/mol. The number of rotatable bonds is 6. The summed E-state index contributed by atoms with van der Waals surface area (Å²) in [5.74, 6) is -0.297. The van der Waals surface area contributed by atoms with E-state index >= 15 is 0 Å². The van der Waals surface area contributed by atoms with Crippen molar-refractivity contribution in [3.8, 4) is 0 Å². The lowest BCUT2D eigenvalue weighted by molar-refractivity contribution is -0.126. The maximum absolute atomic E-state index is 12.2. The Morgan fingerprint density at radius 2 is 2.04 bits per heavy atom. The van der Waals surface area contributed by atoms with E-state index in [-0.39, 0.29) is 42.6 Å². The van der Waals surface area contributed by atoms with Crippen LogP contribution in [0, 0.1) is 5.92 Å². The summed E-state index contributed by atoms with van der Waals surface area (Å²) in [4.78, 5) is 27.2. The molecule has 1 fully saturated rings. The Morgan fingerprint density at radius 3 is 2.61 bits per heavy atom. The van der Waals surface area contributed by atoms with Gasteiger partial charge in [-0.05, 0) is 44.5 Å². The second kappa shape index (κ2) is 9.15. The average Bonchev–Trinajstić information content (AvgIpc) is 2.94. The first-order valence-electron chi connectivity index (χ1n) is 7.44. The van der Waals surface area contributed by atoms with Crippen LogP contribution in [-0.4, -0.2) is 44.2 Å². The van der Waals surface area contributed by atoms with Gasteiger partial charge in [-0.15, -0.1) is 24.2 Å². The van der Waals surface area contributed by atoms with Crippen molar-refractivity contribution >= 4 is 41.7 Å². The highest BCUT2D eigenvalue weighted by Gasteiger charge is 2.35. The Kier molecular flexibility index (Phi) is 7.88. The van der Waals surface area contributed by atoms with Gasteiger partial charge in [0.1, 0.15) is 0 Å². The minimum absolute atomic E-state index is 0. The van der Waals surface area contributed by atoms with E-state index < -0.39 is 0 Å². The SMILES string of the molecule is CNC(C)CNC(=O)C1CC(=O)N(c2ccc(SC)cc2)C1.Cl. The molecule has 1 aromatic rings. The molecule has 1 saturated heterocycles. The van der Waals surface area contributed by atoms with Crippen molar-refractivity contribution in [3.63, 3.8) is 0 Å². The first kappa shape index (κ1) is 19.8. The lowest BCUT2D eigenvalue weighted by Crippen LogP contribution is -2.40. The van der Waals surface area contributed by atoms with Gasteiger partial charge in [-0.2, -0.15) is 0 Å². The fourth-order valence-corrected chi connectivity index (χ4v) is 2.80. The summed E-state index contributed by atoms with van der Waals surface area (Å²) in [6.45, 7) is 3.03. The number of anilines is 1. The Bertz CT molecular complexity index is 539. The second-order valence-electron chi connectivity index (χ2n) is 5.54. The van der Waals surface area contributed by atoms with Crippen molar-refractivity contribution in [1.82, 2.24) is 10.6 Å². The molecular weight excluding hydrogens is 334 g/mol. The molecule has 0 saturated carbocycles. The molecule has 7 heteroatoms. The maximum Gasteiger partial charge on any atom is 0.227 e. The quantitative estimate of drug-likeness (QED) is 0.763. The lowest BCUT2D eigenvalue weighted by Gasteiger charge is -2.17. The van der Waals surface area contributed by atoms with Crippen LogP contribution in [0.4, 0.5) is 5.69 Å². The summed E-state index contributed by atoms with van der Waals surface area (Å²) >= 11 is 1.66. The van der Waals surface area contributed by atoms with Crippen LogP contribution in [0.5, 0.6) is 0 Å². The molecule has 23 heavy (non-hydrogen) atoms. The first-order chi connectivity index (χ1) is 10.5. The lowest BCUT2D eigenvalue weighted by atomic mass is 10.1. The van der Waals surface area contributed by atoms with Gasteiger partial charge in [-0.3, -0.25) is 9.59 Å². The summed E-state index contributed by atoms with van der Waals surface area (Å²) in [5, 5.41) is 5.97. The van der Waals surface area contributed by atoms with E-state index in [0.717, 1.165) is 10.6 Å². The number of benzene rings is 1. The molecule has 2 amide bonds. The molecule has 2 unspecified atom stereocenters. The highest BCUT2D eigenvalue weighted by Crippen LogP contribution is 2.27. The normalized spacial score (nSPS) is 18.5. The molecule has 0 aliphatic carbocycles. The fraction of sp³-hybridized carbons (Fsp3) is 0.500. The summed E-state index contributed by atoms with van der Waals surface area (Å²) in [6, 6.07) is 8.08. The Morgan fingerprint density at radius 1 is 1.39 bits per heavy atom. The average molecular weight is 358 g/mol. The van der Waals surface area contributed by atoms with E-state index in [9.17, 15) is 9.59 Å². The van der Waals surface area contributed by atoms with Gasteiger partial charge < -0.3 is 15.5 Å². The van der Waals surface area contributed by atoms with Crippen molar-refractivity contribution in [3.05, 3.63) is 24.3 Å². The van der Waals surface area contributed by atoms with Crippen LogP contribution in [0.2, 0.25) is 0 Å². The maximum atomic E-state index is 12.2. The Labute approximate surface area is 148 Å². The van der Waals surface area contributed by atoms with E-state index in [4.69, 9.17) is 0 Å². The van der Waals surface area contributed by atoms with E-state index in [0.29, 0.717) is 13.1 Å². The molecule has 2 rings (SSSR count). The van der Waals surface area contributed by atoms with Crippen LogP contribution in [-0.2, 0) is 9.59 Å². The highest BCUT2D eigenvalue weighted by molar-refractivity contribution is 7.98. The van der Waals surface area contributed by atoms with Gasteiger partial charge in [-0.25, -0.2) is 0 Å². The minimum Gasteiger partial charge on any atom is -0.354 e. The number of nitrogens with zero attached hydrogens (tertiary/aromatic N) is 1. The number of thioether (sulfide) groups is 1. The van der Waals surface area contributed by atoms with Crippen LogP contribution < -0.4 is 15.5 Å². The molecule has 1 aliphatic rings. The van der Waals surface area contributed by atoms with Crippen molar-refractivity contribution in [2.45, 2.75) is 24.3 Å². The molecule has 0 spiro atoms. The largest absolute Gasteiger partial charge is 0.354 e. The summed E-state index contributed by atoms with van der Waals surface area (Å²) in [6.07, 6.45) is 2.30. The van der Waals surface area contributed by atoms with Crippen LogP contribution in [0.15, 0.2) is 29.2 Å². The third-order valence-corrected chi connectivity index (χ3v) is 4.70. The number of carbonyl (C=O) groups excluding carboxylic acids is 2. The van der Waals surface area contributed by atoms with Crippen molar-refractivity contribution in [2.75, 3.05) is 31.3 Å². The van der Waals surface area contributed by atoms with Gasteiger partial charge in [0.25, 0.3) is 0 Å². The monoisotopic (exact) mass is 357 g/mol. The smallest absolute Gasteiger partial charge is 0.227 e. The molecule has 0 bridgehead atoms. The van der Waals surface area contributed by atoms with E-state index in [1.54, 1.807) is 16.7 Å². The van der Waals surface area contributed by atoms with Gasteiger partial charge in [0.05, 0.1) is 5.92 Å². The van der Waals surface area contributed by atoms with Crippen LogP contribution in [0.3, 0.4) is 0 Å². The number of hydrogen-bond donors (Lipinski definition) is 2. The fourth-order valence-electron chi connectivity index (χ4n) is 2.39. The first-order valence-corrected chi connectivity index (χ1v) is 8.67. The molecule has 1 aromatic carbocycles. The van der Waals surface area contributed by atoms with Gasteiger partial charge in [0.15, 0.2) is 0 Å². The molecular formula is C16H24ClN3O2S. The Balaban J connectivity index is 0.00000264. The predicted octanol–water partition coefficient (Wildman–Crippen LogP) is 1.91. The number of likely N-dealkylation sites (N-methyl/N-ethyl adjacent to an activating group) is 1. The summed E-state index contributed by atoms with van der Waals surface area (Å²) in [7, 11) is 1.86. The Hall–Kier alpha value is -1.24. The molecule has 128 valence electrons. The van der Waals surface area contributed by atoms with Crippen LogP contribution in [0.1, 0.15) is 13.3 Å². The molecule has 0 aromatic heterocycles. The third-order valence-electron chi connectivity index (χ3n) is 3.96. The highest BCUT2D eigenvalue weighted by atomic mass is 35.5. The molecule has 2 atom stereocenters. The number of hydrogen-bond acceptors (Lipinski definition) is 4. The van der Waals surface area contributed by atoms with Crippen molar-refractivity contribution in [2.24, 2.45) is 5.92 Å². The number of nitrogens with one attached hydrogen (secondary N) is 2. The van der Waals surface area contributed by atoms with Crippen molar-refractivity contribution < 1.29 is 9.59 Å². The second-order valence-corrected chi connectivity index (χ2v) is 6.42.